The van der Waals surface area contributed by atoms with Gasteiger partial charge < -0.3 is 4.74 Å². The van der Waals surface area contributed by atoms with Crippen LogP contribution in [0.25, 0.3) is 11.3 Å². The van der Waals surface area contributed by atoms with Crippen molar-refractivity contribution in [3.63, 3.8) is 0 Å². The molecule has 0 aliphatic heterocycles. The Bertz CT molecular complexity index is 1440. The monoisotopic (exact) mass is 479 g/mol. The highest BCUT2D eigenvalue weighted by Crippen LogP contribution is 2.37. The van der Waals surface area contributed by atoms with E-state index in [1.54, 1.807) is 16.3 Å². The molecule has 0 saturated carbocycles. The number of ether oxygens (including phenoxy) is 1. The van der Waals surface area contributed by atoms with Crippen molar-refractivity contribution in [3.05, 3.63) is 71.4 Å². The van der Waals surface area contributed by atoms with Gasteiger partial charge >= 0.3 is 0 Å². The van der Waals surface area contributed by atoms with Crippen molar-refractivity contribution in [1.29, 1.82) is 5.26 Å². The molecular weight excluding hydrogens is 458 g/mol. The number of thiazole rings is 1. The van der Waals surface area contributed by atoms with Crippen molar-refractivity contribution < 1.29 is 13.2 Å². The first-order chi connectivity index (χ1) is 15.8. The number of rotatable bonds is 7. The van der Waals surface area contributed by atoms with Crippen molar-refractivity contribution >= 4 is 26.5 Å². The minimum atomic E-state index is -3.89. The predicted molar refractivity (Wildman–Crippen MR) is 127 cm³/mol. The Morgan fingerprint density at radius 1 is 1.12 bits per heavy atom. The van der Waals surface area contributed by atoms with Crippen LogP contribution in [0.5, 0.6) is 11.5 Å². The molecule has 0 aliphatic carbocycles. The molecule has 4 rings (SSSR count). The second-order valence-electron chi connectivity index (χ2n) is 7.56. The Balaban J connectivity index is 1.71. The summed E-state index contributed by atoms with van der Waals surface area (Å²) in [5.74, 6) is 1.11. The van der Waals surface area contributed by atoms with E-state index in [0.29, 0.717) is 11.7 Å². The molecule has 0 saturated heterocycles. The summed E-state index contributed by atoms with van der Waals surface area (Å²) < 4.78 is 35.6. The molecule has 1 N–H and O–H groups in total. The number of hydrogen-bond donors (Lipinski definition) is 1. The zero-order valence-corrected chi connectivity index (χ0v) is 19.8. The van der Waals surface area contributed by atoms with Crippen LogP contribution in [0.3, 0.4) is 0 Å². The summed E-state index contributed by atoms with van der Waals surface area (Å²) in [5, 5.41) is 15.9. The normalized spacial score (nSPS) is 11.4. The lowest BCUT2D eigenvalue weighted by Crippen LogP contribution is -2.13. The number of nitriles is 1. The first kappa shape index (κ1) is 22.5. The molecule has 0 bridgehead atoms. The number of hydrogen-bond acceptors (Lipinski definition) is 7. The van der Waals surface area contributed by atoms with Gasteiger partial charge in [-0.1, -0.05) is 19.9 Å². The molecule has 0 amide bonds. The van der Waals surface area contributed by atoms with Gasteiger partial charge in [-0.05, 0) is 47.9 Å². The summed E-state index contributed by atoms with van der Waals surface area (Å²) in [4.78, 5) is 3.88. The SMILES string of the molecule is CC(C)c1ccc(Oc2ccc(S(=O)(=O)Nc3nccs3)cc2C#N)c(-c2ccnn2C)c1. The summed E-state index contributed by atoms with van der Waals surface area (Å²) >= 11 is 1.17. The van der Waals surface area contributed by atoms with E-state index in [1.807, 2.05) is 37.4 Å². The third kappa shape index (κ3) is 4.74. The third-order valence-corrected chi connectivity index (χ3v) is 7.18. The molecule has 4 aromatic rings. The molecule has 0 unspecified atom stereocenters. The molecule has 0 spiro atoms. The summed E-state index contributed by atoms with van der Waals surface area (Å²) in [6.07, 6.45) is 3.21. The van der Waals surface area contributed by atoms with Gasteiger partial charge in [-0.15, -0.1) is 11.3 Å². The smallest absolute Gasteiger partial charge is 0.263 e. The number of nitrogens with one attached hydrogen (secondary N) is 1. The van der Waals surface area contributed by atoms with Crippen LogP contribution in [0.1, 0.15) is 30.9 Å². The van der Waals surface area contributed by atoms with Gasteiger partial charge in [0.1, 0.15) is 17.6 Å². The molecular formula is C23H21N5O3S2. The van der Waals surface area contributed by atoms with E-state index < -0.39 is 10.0 Å². The van der Waals surface area contributed by atoms with Gasteiger partial charge in [-0.25, -0.2) is 13.4 Å². The highest BCUT2D eigenvalue weighted by atomic mass is 32.2. The quantitative estimate of drug-likeness (QED) is 0.393. The number of aromatic nitrogens is 3. The maximum atomic E-state index is 12.7. The Morgan fingerprint density at radius 2 is 1.91 bits per heavy atom. The molecule has 33 heavy (non-hydrogen) atoms. The van der Waals surface area contributed by atoms with Crippen LogP contribution in [-0.4, -0.2) is 23.2 Å². The van der Waals surface area contributed by atoms with Crippen molar-refractivity contribution in [3.8, 4) is 28.8 Å². The van der Waals surface area contributed by atoms with Crippen LogP contribution in [0.4, 0.5) is 5.13 Å². The molecule has 0 fully saturated rings. The van der Waals surface area contributed by atoms with Crippen molar-refractivity contribution in [2.75, 3.05) is 4.72 Å². The van der Waals surface area contributed by atoms with Crippen LogP contribution in [-0.2, 0) is 17.1 Å². The average Bonchev–Trinajstić information content (AvgIpc) is 3.45. The second-order valence-corrected chi connectivity index (χ2v) is 10.1. The zero-order chi connectivity index (χ0) is 23.6. The van der Waals surface area contributed by atoms with Gasteiger partial charge in [0.25, 0.3) is 10.0 Å². The Hall–Kier alpha value is -3.68. The van der Waals surface area contributed by atoms with Gasteiger partial charge in [0.05, 0.1) is 16.2 Å². The summed E-state index contributed by atoms with van der Waals surface area (Å²) in [6.45, 7) is 4.21. The van der Waals surface area contributed by atoms with Crippen LogP contribution in [0.15, 0.2) is 65.1 Å². The fourth-order valence-electron chi connectivity index (χ4n) is 3.25. The topological polar surface area (TPSA) is 110 Å². The average molecular weight is 480 g/mol. The molecule has 2 heterocycles. The Morgan fingerprint density at radius 3 is 2.55 bits per heavy atom. The van der Waals surface area contributed by atoms with Crippen LogP contribution in [0.2, 0.25) is 0 Å². The van der Waals surface area contributed by atoms with Gasteiger partial charge in [-0.2, -0.15) is 10.4 Å². The van der Waals surface area contributed by atoms with Crippen LogP contribution >= 0.6 is 11.3 Å². The van der Waals surface area contributed by atoms with E-state index in [-0.39, 0.29) is 21.3 Å². The lowest BCUT2D eigenvalue weighted by atomic mass is 9.99. The standard InChI is InChI=1S/C23H21N5O3S2/c1-15(2)16-4-6-22(19(13-16)20-8-9-26-28(20)3)31-21-7-5-18(12-17(21)14-24)33(29,30)27-23-25-10-11-32-23/h4-13,15H,1-3H3,(H,25,27). The highest BCUT2D eigenvalue weighted by Gasteiger charge is 2.20. The summed E-state index contributed by atoms with van der Waals surface area (Å²) in [7, 11) is -2.05. The van der Waals surface area contributed by atoms with Crippen LogP contribution < -0.4 is 9.46 Å². The van der Waals surface area contributed by atoms with E-state index in [1.165, 1.54) is 35.7 Å². The lowest BCUT2D eigenvalue weighted by molar-refractivity contribution is 0.481. The first-order valence-corrected chi connectivity index (χ1v) is 12.4. The van der Waals surface area contributed by atoms with Crippen LogP contribution in [0, 0.1) is 11.3 Å². The fraction of sp³-hybridized carbons (Fsp3) is 0.174. The number of anilines is 1. The van der Waals surface area contributed by atoms with E-state index in [9.17, 15) is 13.7 Å². The third-order valence-electron chi connectivity index (χ3n) is 5.02. The molecule has 0 atom stereocenters. The summed E-state index contributed by atoms with van der Waals surface area (Å²) in [6, 6.07) is 14.0. The molecule has 0 aliphatic rings. The zero-order valence-electron chi connectivity index (χ0n) is 18.2. The minimum absolute atomic E-state index is 0.0522. The van der Waals surface area contributed by atoms with Gasteiger partial charge in [-0.3, -0.25) is 9.40 Å². The number of benzene rings is 2. The second kappa shape index (κ2) is 9.05. The van der Waals surface area contributed by atoms with E-state index in [2.05, 4.69) is 28.7 Å². The van der Waals surface area contributed by atoms with Crippen molar-refractivity contribution in [2.24, 2.45) is 7.05 Å². The molecule has 2 aromatic heterocycles. The largest absolute Gasteiger partial charge is 0.455 e. The minimum Gasteiger partial charge on any atom is -0.455 e. The van der Waals surface area contributed by atoms with Crippen molar-refractivity contribution in [2.45, 2.75) is 24.7 Å². The highest BCUT2D eigenvalue weighted by molar-refractivity contribution is 7.93. The van der Waals surface area contributed by atoms with Gasteiger partial charge in [0.15, 0.2) is 5.13 Å². The number of aryl methyl sites for hydroxylation is 1. The Labute approximate surface area is 196 Å². The van der Waals surface area contributed by atoms with Crippen molar-refractivity contribution in [1.82, 2.24) is 14.8 Å². The number of nitrogens with zero attached hydrogens (tertiary/aromatic N) is 4. The van der Waals surface area contributed by atoms with E-state index in [4.69, 9.17) is 4.74 Å². The van der Waals surface area contributed by atoms with Gasteiger partial charge in [0.2, 0.25) is 0 Å². The maximum absolute atomic E-state index is 12.7. The first-order valence-electron chi connectivity index (χ1n) is 10.0. The van der Waals surface area contributed by atoms with Gasteiger partial charge in [0, 0.05) is 30.4 Å². The fourth-order valence-corrected chi connectivity index (χ4v) is 5.07. The van der Waals surface area contributed by atoms with E-state index >= 15 is 0 Å². The van der Waals surface area contributed by atoms with E-state index in [0.717, 1.165) is 16.8 Å². The number of sulfonamides is 1. The lowest BCUT2D eigenvalue weighted by Gasteiger charge is -2.16. The predicted octanol–water partition coefficient (Wildman–Crippen LogP) is 5.13. The molecule has 2 aromatic carbocycles. The Kier molecular flexibility index (Phi) is 6.18. The maximum Gasteiger partial charge on any atom is 0.263 e. The molecule has 168 valence electrons. The molecule has 8 nitrogen and oxygen atoms in total. The summed E-state index contributed by atoms with van der Waals surface area (Å²) in [5.41, 5.74) is 2.92. The molecule has 0 radical (unpaired) electrons. The molecule has 10 heteroatoms.